The average molecular weight is 185 g/mol. The molecule has 1 fully saturated rings. The molecule has 2 nitrogen and oxygen atoms in total. The number of hydrogen-bond acceptors (Lipinski definition) is 2. The molecule has 0 bridgehead atoms. The molecule has 1 heterocycles. The zero-order chi connectivity index (χ0) is 9.84. The summed E-state index contributed by atoms with van der Waals surface area (Å²) in [4.78, 5) is 2.41. The summed E-state index contributed by atoms with van der Waals surface area (Å²) in [6.45, 7) is 8.58. The van der Waals surface area contributed by atoms with E-state index in [1.165, 1.54) is 19.4 Å². The van der Waals surface area contributed by atoms with E-state index in [0.717, 1.165) is 13.0 Å². The van der Waals surface area contributed by atoms with Crippen LogP contribution < -0.4 is 0 Å². The minimum Gasteiger partial charge on any atom is -0.392 e. The summed E-state index contributed by atoms with van der Waals surface area (Å²) in [5.41, 5.74) is 0. The second-order valence-electron chi connectivity index (χ2n) is 4.44. The van der Waals surface area contributed by atoms with Crippen molar-refractivity contribution in [3.05, 3.63) is 0 Å². The van der Waals surface area contributed by atoms with Gasteiger partial charge in [0.2, 0.25) is 0 Å². The molecule has 1 rings (SSSR count). The van der Waals surface area contributed by atoms with Gasteiger partial charge < -0.3 is 5.11 Å². The number of β-amino-alcohol motifs (C(OH)–C–C–N with tert-alkyl or cyclic N) is 1. The van der Waals surface area contributed by atoms with Crippen LogP contribution in [-0.4, -0.2) is 35.2 Å². The van der Waals surface area contributed by atoms with Gasteiger partial charge in [0.25, 0.3) is 0 Å². The van der Waals surface area contributed by atoms with Crippen LogP contribution in [0.5, 0.6) is 0 Å². The first-order valence-corrected chi connectivity index (χ1v) is 5.57. The summed E-state index contributed by atoms with van der Waals surface area (Å²) in [7, 11) is 0. The highest BCUT2D eigenvalue weighted by molar-refractivity contribution is 4.78. The lowest BCUT2D eigenvalue weighted by Crippen LogP contribution is -2.37. The molecule has 0 aromatic carbocycles. The number of likely N-dealkylation sites (tertiary alicyclic amines) is 1. The van der Waals surface area contributed by atoms with E-state index in [2.05, 4.69) is 25.7 Å². The van der Waals surface area contributed by atoms with Gasteiger partial charge in [-0.3, -0.25) is 4.90 Å². The van der Waals surface area contributed by atoms with Gasteiger partial charge in [0, 0.05) is 12.6 Å². The number of hydrogen-bond donors (Lipinski definition) is 1. The van der Waals surface area contributed by atoms with Crippen molar-refractivity contribution in [2.24, 2.45) is 5.92 Å². The Hall–Kier alpha value is -0.0800. The number of nitrogens with zero attached hydrogens (tertiary/aromatic N) is 1. The number of rotatable bonds is 4. The topological polar surface area (TPSA) is 23.5 Å². The predicted molar refractivity (Wildman–Crippen MR) is 55.7 cm³/mol. The Morgan fingerprint density at radius 2 is 2.23 bits per heavy atom. The van der Waals surface area contributed by atoms with E-state index >= 15 is 0 Å². The molecule has 1 saturated heterocycles. The monoisotopic (exact) mass is 185 g/mol. The summed E-state index contributed by atoms with van der Waals surface area (Å²) in [5.74, 6) is 0.438. The third kappa shape index (κ3) is 2.96. The van der Waals surface area contributed by atoms with Crippen LogP contribution in [0.1, 0.15) is 40.0 Å². The standard InChI is InChI=1S/C11H23NO/c1-4-9(2)11(13)8-12-7-5-6-10(12)3/h9-11,13H,4-8H2,1-3H3. The Morgan fingerprint density at radius 1 is 1.54 bits per heavy atom. The first kappa shape index (κ1) is 11.0. The zero-order valence-corrected chi connectivity index (χ0v) is 9.16. The lowest BCUT2D eigenvalue weighted by molar-refractivity contribution is 0.0662. The fourth-order valence-electron chi connectivity index (χ4n) is 1.96. The third-order valence-electron chi connectivity index (χ3n) is 3.41. The molecule has 0 aromatic heterocycles. The molecule has 0 amide bonds. The van der Waals surface area contributed by atoms with Crippen molar-refractivity contribution in [3.63, 3.8) is 0 Å². The summed E-state index contributed by atoms with van der Waals surface area (Å²) >= 11 is 0. The van der Waals surface area contributed by atoms with Crippen LogP contribution in [0.2, 0.25) is 0 Å². The minimum atomic E-state index is -0.134. The molecule has 3 unspecified atom stereocenters. The van der Waals surface area contributed by atoms with Crippen molar-refractivity contribution in [1.82, 2.24) is 4.90 Å². The highest BCUT2D eigenvalue weighted by Gasteiger charge is 2.24. The van der Waals surface area contributed by atoms with Gasteiger partial charge in [-0.15, -0.1) is 0 Å². The van der Waals surface area contributed by atoms with E-state index in [9.17, 15) is 5.11 Å². The summed E-state index contributed by atoms with van der Waals surface area (Å²) in [6.07, 6.45) is 3.54. The smallest absolute Gasteiger partial charge is 0.0692 e. The largest absolute Gasteiger partial charge is 0.392 e. The Labute approximate surface area is 81.9 Å². The van der Waals surface area contributed by atoms with Crippen LogP contribution in [0, 0.1) is 5.92 Å². The van der Waals surface area contributed by atoms with E-state index in [4.69, 9.17) is 0 Å². The van der Waals surface area contributed by atoms with E-state index in [0.29, 0.717) is 12.0 Å². The van der Waals surface area contributed by atoms with Crippen LogP contribution in [0.4, 0.5) is 0 Å². The number of aliphatic hydroxyl groups is 1. The maximum absolute atomic E-state index is 9.85. The first-order chi connectivity index (χ1) is 6.15. The van der Waals surface area contributed by atoms with Crippen molar-refractivity contribution in [1.29, 1.82) is 0 Å². The molecule has 1 aliphatic rings. The Bertz CT molecular complexity index is 149. The maximum atomic E-state index is 9.85. The molecule has 0 aromatic rings. The molecule has 0 radical (unpaired) electrons. The zero-order valence-electron chi connectivity index (χ0n) is 9.16. The lowest BCUT2D eigenvalue weighted by atomic mass is 10.0. The molecule has 13 heavy (non-hydrogen) atoms. The SMILES string of the molecule is CCC(C)C(O)CN1CCCC1C. The van der Waals surface area contributed by atoms with Gasteiger partial charge in [0.1, 0.15) is 0 Å². The van der Waals surface area contributed by atoms with Crippen molar-refractivity contribution >= 4 is 0 Å². The van der Waals surface area contributed by atoms with Crippen LogP contribution in [0.3, 0.4) is 0 Å². The second kappa shape index (κ2) is 4.97. The molecule has 1 aliphatic heterocycles. The average Bonchev–Trinajstić information content (AvgIpc) is 2.50. The normalized spacial score (nSPS) is 29.1. The lowest BCUT2D eigenvalue weighted by Gasteiger charge is -2.26. The third-order valence-corrected chi connectivity index (χ3v) is 3.41. The van der Waals surface area contributed by atoms with Gasteiger partial charge in [0.05, 0.1) is 6.10 Å². The van der Waals surface area contributed by atoms with Crippen LogP contribution in [-0.2, 0) is 0 Å². The predicted octanol–water partition coefficient (Wildman–Crippen LogP) is 1.88. The van der Waals surface area contributed by atoms with Crippen molar-refractivity contribution < 1.29 is 5.11 Å². The van der Waals surface area contributed by atoms with Gasteiger partial charge in [-0.1, -0.05) is 20.3 Å². The Kier molecular flexibility index (Phi) is 4.20. The van der Waals surface area contributed by atoms with E-state index < -0.39 is 0 Å². The Balaban J connectivity index is 2.30. The van der Waals surface area contributed by atoms with Crippen LogP contribution in [0.25, 0.3) is 0 Å². The van der Waals surface area contributed by atoms with E-state index in [1.54, 1.807) is 0 Å². The molecule has 0 saturated carbocycles. The molecule has 3 atom stereocenters. The highest BCUT2D eigenvalue weighted by atomic mass is 16.3. The van der Waals surface area contributed by atoms with E-state index in [1.807, 2.05) is 0 Å². The number of aliphatic hydroxyl groups excluding tert-OH is 1. The second-order valence-corrected chi connectivity index (χ2v) is 4.44. The van der Waals surface area contributed by atoms with Crippen LogP contribution >= 0.6 is 0 Å². The van der Waals surface area contributed by atoms with Crippen molar-refractivity contribution in [2.45, 2.75) is 52.2 Å². The molecule has 78 valence electrons. The summed E-state index contributed by atoms with van der Waals surface area (Å²) in [5, 5.41) is 9.85. The molecule has 2 heteroatoms. The van der Waals surface area contributed by atoms with Crippen molar-refractivity contribution in [3.8, 4) is 0 Å². The van der Waals surface area contributed by atoms with Gasteiger partial charge in [-0.05, 0) is 32.2 Å². The summed E-state index contributed by atoms with van der Waals surface area (Å²) in [6, 6.07) is 0.679. The van der Waals surface area contributed by atoms with Gasteiger partial charge in [-0.2, -0.15) is 0 Å². The van der Waals surface area contributed by atoms with Crippen LogP contribution in [0.15, 0.2) is 0 Å². The van der Waals surface area contributed by atoms with Gasteiger partial charge in [0.15, 0.2) is 0 Å². The molecular formula is C11H23NO. The first-order valence-electron chi connectivity index (χ1n) is 5.57. The van der Waals surface area contributed by atoms with Crippen molar-refractivity contribution in [2.75, 3.05) is 13.1 Å². The molecule has 0 aliphatic carbocycles. The quantitative estimate of drug-likeness (QED) is 0.723. The highest BCUT2D eigenvalue weighted by Crippen LogP contribution is 2.18. The van der Waals surface area contributed by atoms with E-state index in [-0.39, 0.29) is 6.10 Å². The summed E-state index contributed by atoms with van der Waals surface area (Å²) < 4.78 is 0. The fourth-order valence-corrected chi connectivity index (χ4v) is 1.96. The molecule has 0 spiro atoms. The maximum Gasteiger partial charge on any atom is 0.0692 e. The van der Waals surface area contributed by atoms with Gasteiger partial charge in [-0.25, -0.2) is 0 Å². The fraction of sp³-hybridized carbons (Fsp3) is 1.00. The minimum absolute atomic E-state index is 0.134. The van der Waals surface area contributed by atoms with Gasteiger partial charge >= 0.3 is 0 Å². The molecular weight excluding hydrogens is 162 g/mol. The Morgan fingerprint density at radius 3 is 2.69 bits per heavy atom. The molecule has 1 N–H and O–H groups in total.